The van der Waals surface area contributed by atoms with Crippen molar-refractivity contribution in [2.45, 2.75) is 33.7 Å². The van der Waals surface area contributed by atoms with Gasteiger partial charge in [0.15, 0.2) is 0 Å². The molecule has 0 fully saturated rings. The van der Waals surface area contributed by atoms with Crippen LogP contribution in [0.25, 0.3) is 0 Å². The predicted octanol–water partition coefficient (Wildman–Crippen LogP) is 2.52. The number of hydrogen-bond acceptors (Lipinski definition) is 2. The average molecular weight is 221 g/mol. The van der Waals surface area contributed by atoms with Crippen LogP contribution in [-0.2, 0) is 4.79 Å². The highest BCUT2D eigenvalue weighted by Gasteiger charge is 2.19. The Bertz CT molecular complexity index is 389. The first-order valence-electron chi connectivity index (χ1n) is 5.38. The fraction of sp³-hybridized carbons (Fsp3) is 0.462. The molecule has 16 heavy (non-hydrogen) atoms. The molecule has 0 aliphatic heterocycles. The number of aliphatic carboxylic acids is 1. The van der Waals surface area contributed by atoms with E-state index >= 15 is 0 Å². The van der Waals surface area contributed by atoms with Gasteiger partial charge < -0.3 is 10.0 Å². The van der Waals surface area contributed by atoms with Crippen LogP contribution in [0, 0.1) is 20.8 Å². The number of hydrogen-bond donors (Lipinski definition) is 1. The molecule has 0 heterocycles. The molecule has 0 aliphatic rings. The maximum absolute atomic E-state index is 11.0. The molecule has 1 atom stereocenters. The third-order valence-electron chi connectivity index (χ3n) is 2.93. The standard InChI is InChI=1S/C13H19NO2/c1-8-6-9(2)12(10(3)7-8)14(5)11(4)13(15)16/h6-7,11H,1-5H3,(H,15,16)/t11-/m1/s1. The van der Waals surface area contributed by atoms with Crippen LogP contribution in [0.4, 0.5) is 5.69 Å². The number of aryl methyl sites for hydroxylation is 3. The summed E-state index contributed by atoms with van der Waals surface area (Å²) >= 11 is 0. The first kappa shape index (κ1) is 12.6. The summed E-state index contributed by atoms with van der Waals surface area (Å²) in [5.74, 6) is -0.804. The van der Waals surface area contributed by atoms with Crippen LogP contribution in [-0.4, -0.2) is 24.2 Å². The van der Waals surface area contributed by atoms with Crippen LogP contribution in [0.15, 0.2) is 12.1 Å². The molecule has 0 aliphatic carbocycles. The SMILES string of the molecule is Cc1cc(C)c(N(C)[C@H](C)C(=O)O)c(C)c1. The molecule has 3 nitrogen and oxygen atoms in total. The maximum Gasteiger partial charge on any atom is 0.326 e. The number of carboxylic acid groups (broad SMARTS) is 1. The number of anilines is 1. The minimum Gasteiger partial charge on any atom is -0.480 e. The van der Waals surface area contributed by atoms with E-state index in [0.717, 1.165) is 16.8 Å². The molecular formula is C13H19NO2. The van der Waals surface area contributed by atoms with Gasteiger partial charge in [-0.3, -0.25) is 0 Å². The summed E-state index contributed by atoms with van der Waals surface area (Å²) in [6, 6.07) is 3.64. The number of rotatable bonds is 3. The lowest BCUT2D eigenvalue weighted by molar-refractivity contribution is -0.138. The predicted molar refractivity (Wildman–Crippen MR) is 66.2 cm³/mol. The van der Waals surface area contributed by atoms with Crippen LogP contribution in [0.5, 0.6) is 0 Å². The number of benzene rings is 1. The van der Waals surface area contributed by atoms with E-state index in [4.69, 9.17) is 5.11 Å². The molecule has 0 aromatic heterocycles. The van der Waals surface area contributed by atoms with Crippen LogP contribution in [0.1, 0.15) is 23.6 Å². The summed E-state index contributed by atoms with van der Waals surface area (Å²) in [6.07, 6.45) is 0. The summed E-state index contributed by atoms with van der Waals surface area (Å²) in [5, 5.41) is 9.01. The van der Waals surface area contributed by atoms with Crippen molar-refractivity contribution in [2.75, 3.05) is 11.9 Å². The minimum absolute atomic E-state index is 0.514. The molecule has 0 saturated heterocycles. The van der Waals surface area contributed by atoms with Crippen molar-refractivity contribution in [3.05, 3.63) is 28.8 Å². The number of carbonyl (C=O) groups is 1. The summed E-state index contributed by atoms with van der Waals surface area (Å²) in [5.41, 5.74) is 4.46. The van der Waals surface area contributed by atoms with Gasteiger partial charge in [-0.1, -0.05) is 17.7 Å². The molecule has 88 valence electrons. The first-order valence-corrected chi connectivity index (χ1v) is 5.38. The van der Waals surface area contributed by atoms with Gasteiger partial charge in [-0.15, -0.1) is 0 Å². The molecule has 1 rings (SSSR count). The Balaban J connectivity index is 3.18. The summed E-state index contributed by atoms with van der Waals surface area (Å²) in [6.45, 7) is 7.77. The summed E-state index contributed by atoms with van der Waals surface area (Å²) in [4.78, 5) is 12.8. The topological polar surface area (TPSA) is 40.5 Å². The molecule has 0 spiro atoms. The monoisotopic (exact) mass is 221 g/mol. The van der Waals surface area contributed by atoms with Crippen LogP contribution < -0.4 is 4.90 Å². The fourth-order valence-electron chi connectivity index (χ4n) is 2.09. The zero-order valence-corrected chi connectivity index (χ0v) is 10.5. The van der Waals surface area contributed by atoms with E-state index in [9.17, 15) is 4.79 Å². The second-order valence-electron chi connectivity index (χ2n) is 4.37. The van der Waals surface area contributed by atoms with Crippen molar-refractivity contribution in [3.8, 4) is 0 Å². The Morgan fingerprint density at radius 3 is 2.06 bits per heavy atom. The first-order chi connectivity index (χ1) is 7.34. The summed E-state index contributed by atoms with van der Waals surface area (Å²) < 4.78 is 0. The van der Waals surface area contributed by atoms with Gasteiger partial charge in [0.2, 0.25) is 0 Å². The number of likely N-dealkylation sites (N-methyl/N-ethyl adjacent to an activating group) is 1. The van der Waals surface area contributed by atoms with Gasteiger partial charge in [-0.05, 0) is 38.8 Å². The highest BCUT2D eigenvalue weighted by molar-refractivity contribution is 5.78. The molecule has 0 bridgehead atoms. The van der Waals surface area contributed by atoms with Crippen LogP contribution in [0.3, 0.4) is 0 Å². The minimum atomic E-state index is -0.804. The van der Waals surface area contributed by atoms with Crippen molar-refractivity contribution >= 4 is 11.7 Å². The lowest BCUT2D eigenvalue weighted by Gasteiger charge is -2.27. The van der Waals surface area contributed by atoms with Crippen LogP contribution >= 0.6 is 0 Å². The number of carboxylic acids is 1. The zero-order valence-electron chi connectivity index (χ0n) is 10.5. The molecule has 1 aromatic rings. The van der Waals surface area contributed by atoms with Gasteiger partial charge >= 0.3 is 5.97 Å². The van der Waals surface area contributed by atoms with Crippen molar-refractivity contribution in [2.24, 2.45) is 0 Å². The zero-order chi connectivity index (χ0) is 12.5. The Morgan fingerprint density at radius 1 is 1.25 bits per heavy atom. The molecule has 0 unspecified atom stereocenters. The van der Waals surface area contributed by atoms with E-state index in [1.807, 2.05) is 32.7 Å². The van der Waals surface area contributed by atoms with E-state index in [1.54, 1.807) is 6.92 Å². The largest absolute Gasteiger partial charge is 0.480 e. The van der Waals surface area contributed by atoms with E-state index in [0.29, 0.717) is 0 Å². The highest BCUT2D eigenvalue weighted by atomic mass is 16.4. The van der Waals surface area contributed by atoms with Gasteiger partial charge in [0.1, 0.15) is 6.04 Å². The Morgan fingerprint density at radius 2 is 1.69 bits per heavy atom. The van der Waals surface area contributed by atoms with E-state index in [-0.39, 0.29) is 0 Å². The highest BCUT2D eigenvalue weighted by Crippen LogP contribution is 2.26. The third-order valence-corrected chi connectivity index (χ3v) is 2.93. The van der Waals surface area contributed by atoms with Crippen molar-refractivity contribution in [1.29, 1.82) is 0 Å². The van der Waals surface area contributed by atoms with Crippen molar-refractivity contribution in [3.63, 3.8) is 0 Å². The molecule has 1 aromatic carbocycles. The maximum atomic E-state index is 11.0. The van der Waals surface area contributed by atoms with E-state index < -0.39 is 12.0 Å². The van der Waals surface area contributed by atoms with Gasteiger partial charge in [0.05, 0.1) is 0 Å². The second-order valence-corrected chi connectivity index (χ2v) is 4.37. The number of nitrogens with zero attached hydrogens (tertiary/aromatic N) is 1. The van der Waals surface area contributed by atoms with Gasteiger partial charge in [0, 0.05) is 12.7 Å². The summed E-state index contributed by atoms with van der Waals surface area (Å²) in [7, 11) is 1.82. The molecule has 1 N–H and O–H groups in total. The Hall–Kier alpha value is -1.51. The lowest BCUT2D eigenvalue weighted by Crippen LogP contribution is -2.36. The van der Waals surface area contributed by atoms with Crippen LogP contribution in [0.2, 0.25) is 0 Å². The van der Waals surface area contributed by atoms with Gasteiger partial charge in [0.25, 0.3) is 0 Å². The third kappa shape index (κ3) is 2.35. The Kier molecular flexibility index (Phi) is 3.58. The smallest absolute Gasteiger partial charge is 0.326 e. The normalized spacial score (nSPS) is 12.3. The fourth-order valence-corrected chi connectivity index (χ4v) is 2.09. The molecule has 0 saturated carbocycles. The van der Waals surface area contributed by atoms with Crippen molar-refractivity contribution < 1.29 is 9.90 Å². The van der Waals surface area contributed by atoms with E-state index in [2.05, 4.69) is 12.1 Å². The molecule has 3 heteroatoms. The lowest BCUT2D eigenvalue weighted by atomic mass is 10.0. The second kappa shape index (κ2) is 4.56. The molecular weight excluding hydrogens is 202 g/mol. The average Bonchev–Trinajstić information content (AvgIpc) is 2.14. The quantitative estimate of drug-likeness (QED) is 0.852. The molecule has 0 amide bonds. The molecule has 0 radical (unpaired) electrons. The van der Waals surface area contributed by atoms with Gasteiger partial charge in [-0.2, -0.15) is 0 Å². The van der Waals surface area contributed by atoms with Crippen molar-refractivity contribution in [1.82, 2.24) is 0 Å². The van der Waals surface area contributed by atoms with E-state index in [1.165, 1.54) is 5.56 Å². The van der Waals surface area contributed by atoms with Gasteiger partial charge in [-0.25, -0.2) is 4.79 Å². The Labute approximate surface area is 96.7 Å².